The number of rotatable bonds is 4. The molecule has 3 nitrogen and oxygen atoms in total. The molecule has 0 fully saturated rings. The number of benzene rings is 3. The van der Waals surface area contributed by atoms with Crippen molar-refractivity contribution in [1.82, 2.24) is 0 Å². The quantitative estimate of drug-likeness (QED) is 0.587. The molecular formula is C18H13BrClNO2. The first-order chi connectivity index (χ1) is 11.2. The van der Waals surface area contributed by atoms with Crippen molar-refractivity contribution in [1.29, 1.82) is 0 Å². The van der Waals surface area contributed by atoms with Crippen LogP contribution in [0, 0.1) is 0 Å². The number of hydrogen-bond donors (Lipinski definition) is 1. The summed E-state index contributed by atoms with van der Waals surface area (Å²) in [6, 6.07) is 19.0. The first-order valence-electron chi connectivity index (χ1n) is 6.98. The molecule has 5 heteroatoms. The van der Waals surface area contributed by atoms with Gasteiger partial charge in [-0.2, -0.15) is 0 Å². The van der Waals surface area contributed by atoms with Crippen molar-refractivity contribution in [3.05, 3.63) is 65.7 Å². The molecule has 3 aromatic carbocycles. The Labute approximate surface area is 147 Å². The molecule has 0 spiro atoms. The van der Waals surface area contributed by atoms with Gasteiger partial charge in [-0.25, -0.2) is 0 Å². The summed E-state index contributed by atoms with van der Waals surface area (Å²) < 4.78 is 5.93. The number of hydrogen-bond acceptors (Lipinski definition) is 2. The molecule has 1 amide bonds. The van der Waals surface area contributed by atoms with Crippen molar-refractivity contribution in [2.24, 2.45) is 0 Å². The Balaban J connectivity index is 1.92. The van der Waals surface area contributed by atoms with E-state index in [9.17, 15) is 4.79 Å². The van der Waals surface area contributed by atoms with Crippen LogP contribution in [0.15, 0.2) is 60.7 Å². The van der Waals surface area contributed by atoms with Gasteiger partial charge in [0.25, 0.3) is 0 Å². The number of nitrogens with one attached hydrogen (secondary N) is 1. The Morgan fingerprint density at radius 2 is 1.83 bits per heavy atom. The minimum absolute atomic E-state index is 0.171. The Hall–Kier alpha value is -2.04. The van der Waals surface area contributed by atoms with Crippen molar-refractivity contribution in [2.75, 3.05) is 10.6 Å². The van der Waals surface area contributed by atoms with E-state index in [1.807, 2.05) is 42.5 Å². The summed E-state index contributed by atoms with van der Waals surface area (Å²) in [5.74, 6) is 1.06. The summed E-state index contributed by atoms with van der Waals surface area (Å²) in [5, 5.41) is 5.73. The van der Waals surface area contributed by atoms with Crippen molar-refractivity contribution < 1.29 is 9.53 Å². The molecule has 0 unspecified atom stereocenters. The largest absolute Gasteiger partial charge is 0.455 e. The lowest BCUT2D eigenvalue weighted by Crippen LogP contribution is -2.12. The van der Waals surface area contributed by atoms with Crippen LogP contribution < -0.4 is 10.1 Å². The van der Waals surface area contributed by atoms with Crippen LogP contribution in [-0.4, -0.2) is 11.2 Å². The summed E-state index contributed by atoms with van der Waals surface area (Å²) in [7, 11) is 0. The van der Waals surface area contributed by atoms with Gasteiger partial charge in [-0.05, 0) is 41.1 Å². The van der Waals surface area contributed by atoms with Crippen LogP contribution in [-0.2, 0) is 4.79 Å². The molecule has 0 aliphatic rings. The lowest BCUT2D eigenvalue weighted by atomic mass is 10.1. The lowest BCUT2D eigenvalue weighted by Gasteiger charge is -2.13. The highest BCUT2D eigenvalue weighted by molar-refractivity contribution is 9.09. The van der Waals surface area contributed by atoms with Crippen LogP contribution in [0.5, 0.6) is 11.5 Å². The van der Waals surface area contributed by atoms with E-state index < -0.39 is 0 Å². The number of amides is 1. The maximum Gasteiger partial charge on any atom is 0.235 e. The predicted molar refractivity (Wildman–Crippen MR) is 97.9 cm³/mol. The minimum atomic E-state index is -0.171. The Bertz CT molecular complexity index is 867. The van der Waals surface area contributed by atoms with E-state index in [4.69, 9.17) is 16.3 Å². The second kappa shape index (κ2) is 7.02. The molecule has 23 heavy (non-hydrogen) atoms. The van der Waals surface area contributed by atoms with Gasteiger partial charge in [0.05, 0.1) is 11.0 Å². The SMILES string of the molecule is O=C(CBr)Nc1cc(Cl)ccc1Oc1ccc2ccccc2c1. The maximum atomic E-state index is 11.6. The van der Waals surface area contributed by atoms with Gasteiger partial charge in [-0.15, -0.1) is 0 Å². The number of fused-ring (bicyclic) bond motifs is 1. The molecule has 0 aliphatic carbocycles. The standard InChI is InChI=1S/C18H13BrClNO2/c19-11-18(22)21-16-10-14(20)6-8-17(16)23-15-7-5-12-3-1-2-4-13(12)9-15/h1-10H,11H2,(H,21,22). The molecule has 3 aromatic rings. The number of carbonyl (C=O) groups is 1. The van der Waals surface area contributed by atoms with Crippen molar-refractivity contribution in [2.45, 2.75) is 0 Å². The van der Waals surface area contributed by atoms with E-state index in [1.165, 1.54) is 0 Å². The Morgan fingerprint density at radius 3 is 2.61 bits per heavy atom. The van der Waals surface area contributed by atoms with E-state index in [1.54, 1.807) is 18.2 Å². The van der Waals surface area contributed by atoms with Gasteiger partial charge in [0.1, 0.15) is 5.75 Å². The normalized spacial score (nSPS) is 10.5. The summed E-state index contributed by atoms with van der Waals surface area (Å²) in [4.78, 5) is 11.6. The molecule has 0 saturated carbocycles. The Kier molecular flexibility index (Phi) is 4.84. The molecule has 1 N–H and O–H groups in total. The number of halogens is 2. The molecule has 0 atom stereocenters. The fourth-order valence-electron chi connectivity index (χ4n) is 2.23. The zero-order valence-electron chi connectivity index (χ0n) is 12.1. The summed E-state index contributed by atoms with van der Waals surface area (Å²) in [5.41, 5.74) is 0.537. The van der Waals surface area contributed by atoms with Crippen LogP contribution in [0.25, 0.3) is 10.8 Å². The number of ether oxygens (including phenoxy) is 1. The molecule has 0 bridgehead atoms. The third-order valence-electron chi connectivity index (χ3n) is 3.29. The monoisotopic (exact) mass is 389 g/mol. The average Bonchev–Trinajstić information content (AvgIpc) is 2.57. The predicted octanol–water partition coefficient (Wildman–Crippen LogP) is 5.62. The van der Waals surface area contributed by atoms with Crippen molar-refractivity contribution in [3.63, 3.8) is 0 Å². The van der Waals surface area contributed by atoms with Crippen LogP contribution >= 0.6 is 27.5 Å². The topological polar surface area (TPSA) is 38.3 Å². The summed E-state index contributed by atoms with van der Waals surface area (Å²) in [6.45, 7) is 0. The van der Waals surface area contributed by atoms with Gasteiger partial charge in [0.15, 0.2) is 5.75 Å². The van der Waals surface area contributed by atoms with E-state index >= 15 is 0 Å². The molecule has 0 aliphatic heterocycles. The number of carbonyl (C=O) groups excluding carboxylic acids is 1. The molecule has 3 rings (SSSR count). The van der Waals surface area contributed by atoms with Gasteiger partial charge in [-0.3, -0.25) is 4.79 Å². The summed E-state index contributed by atoms with van der Waals surface area (Å²) >= 11 is 9.13. The smallest absolute Gasteiger partial charge is 0.235 e. The van der Waals surface area contributed by atoms with Gasteiger partial charge < -0.3 is 10.1 Å². The van der Waals surface area contributed by atoms with E-state index in [0.717, 1.165) is 10.8 Å². The van der Waals surface area contributed by atoms with Crippen LogP contribution in [0.1, 0.15) is 0 Å². The van der Waals surface area contributed by atoms with Gasteiger partial charge in [-0.1, -0.05) is 57.9 Å². The van der Waals surface area contributed by atoms with Gasteiger partial charge in [0.2, 0.25) is 5.91 Å². The van der Waals surface area contributed by atoms with E-state index in [-0.39, 0.29) is 11.2 Å². The van der Waals surface area contributed by atoms with Gasteiger partial charge >= 0.3 is 0 Å². The van der Waals surface area contributed by atoms with Crippen molar-refractivity contribution in [3.8, 4) is 11.5 Å². The molecule has 0 radical (unpaired) electrons. The molecule has 0 aromatic heterocycles. The van der Waals surface area contributed by atoms with E-state index in [2.05, 4.69) is 21.2 Å². The highest BCUT2D eigenvalue weighted by Gasteiger charge is 2.09. The van der Waals surface area contributed by atoms with Crippen LogP contribution in [0.4, 0.5) is 5.69 Å². The van der Waals surface area contributed by atoms with Crippen molar-refractivity contribution >= 4 is 49.9 Å². The second-order valence-electron chi connectivity index (χ2n) is 4.93. The second-order valence-corrected chi connectivity index (χ2v) is 5.93. The summed E-state index contributed by atoms with van der Waals surface area (Å²) in [6.07, 6.45) is 0. The number of anilines is 1. The molecule has 116 valence electrons. The Morgan fingerprint density at radius 1 is 1.04 bits per heavy atom. The average molecular weight is 391 g/mol. The molecular weight excluding hydrogens is 378 g/mol. The van der Waals surface area contributed by atoms with Crippen LogP contribution in [0.3, 0.4) is 0 Å². The zero-order valence-corrected chi connectivity index (χ0v) is 14.4. The maximum absolute atomic E-state index is 11.6. The minimum Gasteiger partial charge on any atom is -0.455 e. The number of alkyl halides is 1. The third-order valence-corrected chi connectivity index (χ3v) is 4.03. The third kappa shape index (κ3) is 3.84. The highest BCUT2D eigenvalue weighted by Crippen LogP contribution is 2.33. The van der Waals surface area contributed by atoms with Gasteiger partial charge in [0, 0.05) is 5.02 Å². The lowest BCUT2D eigenvalue weighted by molar-refractivity contribution is -0.113. The van der Waals surface area contributed by atoms with E-state index in [0.29, 0.717) is 22.2 Å². The van der Waals surface area contributed by atoms with Crippen LogP contribution in [0.2, 0.25) is 5.02 Å². The first-order valence-corrected chi connectivity index (χ1v) is 8.48. The fraction of sp³-hybridized carbons (Fsp3) is 0.0556. The molecule has 0 saturated heterocycles. The molecule has 0 heterocycles. The zero-order chi connectivity index (χ0) is 16.2. The highest BCUT2D eigenvalue weighted by atomic mass is 79.9. The fourth-order valence-corrected chi connectivity index (χ4v) is 2.54. The first kappa shape index (κ1) is 15.8.